The average Bonchev–Trinajstić information content (AvgIpc) is 3.04. The highest BCUT2D eigenvalue weighted by atomic mass is 16.5. The summed E-state index contributed by atoms with van der Waals surface area (Å²) in [6.45, 7) is 4.24. The van der Waals surface area contributed by atoms with Crippen molar-refractivity contribution < 1.29 is 9.15 Å². The number of aromatic nitrogens is 3. The third-order valence-corrected chi connectivity index (χ3v) is 4.51. The summed E-state index contributed by atoms with van der Waals surface area (Å²) in [6.07, 6.45) is 4.38. The number of fused-ring (bicyclic) bond motifs is 1. The van der Waals surface area contributed by atoms with Crippen LogP contribution in [0.5, 0.6) is 0 Å². The molecule has 0 bridgehead atoms. The van der Waals surface area contributed by atoms with Crippen LogP contribution in [0, 0.1) is 5.92 Å². The first kappa shape index (κ1) is 14.0. The Morgan fingerprint density at radius 3 is 3.05 bits per heavy atom. The van der Waals surface area contributed by atoms with Crippen LogP contribution in [0.15, 0.2) is 22.8 Å². The van der Waals surface area contributed by atoms with E-state index in [-0.39, 0.29) is 0 Å². The number of rotatable bonds is 6. The van der Waals surface area contributed by atoms with Gasteiger partial charge in [0.1, 0.15) is 11.5 Å². The molecule has 0 N–H and O–H groups in total. The maximum atomic E-state index is 5.94. The SMILES string of the molecule is Cn1nnc2c1[C@@H](COCC1CC1)CN(Cc1ccco1)C2. The molecule has 0 aromatic carbocycles. The zero-order chi connectivity index (χ0) is 14.9. The Labute approximate surface area is 130 Å². The number of nitrogens with zero attached hydrogens (tertiary/aromatic N) is 4. The van der Waals surface area contributed by atoms with Gasteiger partial charge >= 0.3 is 0 Å². The van der Waals surface area contributed by atoms with E-state index in [0.717, 1.165) is 50.2 Å². The summed E-state index contributed by atoms with van der Waals surface area (Å²) in [5.41, 5.74) is 2.30. The highest BCUT2D eigenvalue weighted by molar-refractivity contribution is 5.20. The first-order valence-corrected chi connectivity index (χ1v) is 8.00. The molecule has 22 heavy (non-hydrogen) atoms. The maximum absolute atomic E-state index is 5.94. The van der Waals surface area contributed by atoms with E-state index in [4.69, 9.17) is 9.15 Å². The molecule has 118 valence electrons. The fraction of sp³-hybridized carbons (Fsp3) is 0.625. The van der Waals surface area contributed by atoms with Crippen molar-refractivity contribution in [3.8, 4) is 0 Å². The van der Waals surface area contributed by atoms with Crippen molar-refractivity contribution in [2.75, 3.05) is 19.8 Å². The fourth-order valence-corrected chi connectivity index (χ4v) is 3.23. The molecule has 0 spiro atoms. The second kappa shape index (κ2) is 5.85. The summed E-state index contributed by atoms with van der Waals surface area (Å²) in [7, 11) is 1.97. The van der Waals surface area contributed by atoms with Gasteiger partial charge in [0.2, 0.25) is 0 Å². The van der Waals surface area contributed by atoms with Gasteiger partial charge in [0.05, 0.1) is 25.1 Å². The van der Waals surface area contributed by atoms with E-state index < -0.39 is 0 Å². The normalized spacial score (nSPS) is 22.0. The molecular weight excluding hydrogens is 280 g/mol. The largest absolute Gasteiger partial charge is 0.468 e. The van der Waals surface area contributed by atoms with Crippen molar-refractivity contribution in [2.24, 2.45) is 13.0 Å². The molecule has 0 unspecified atom stereocenters. The maximum Gasteiger partial charge on any atom is 0.117 e. The fourth-order valence-electron chi connectivity index (χ4n) is 3.23. The van der Waals surface area contributed by atoms with Crippen molar-refractivity contribution in [2.45, 2.75) is 31.8 Å². The lowest BCUT2D eigenvalue weighted by Gasteiger charge is -2.31. The quantitative estimate of drug-likeness (QED) is 0.816. The van der Waals surface area contributed by atoms with Gasteiger partial charge in [-0.1, -0.05) is 5.21 Å². The minimum absolute atomic E-state index is 0.331. The van der Waals surface area contributed by atoms with Crippen LogP contribution < -0.4 is 0 Å². The molecule has 4 rings (SSSR count). The third kappa shape index (κ3) is 2.94. The highest BCUT2D eigenvalue weighted by Crippen LogP contribution is 2.31. The van der Waals surface area contributed by atoms with Crippen molar-refractivity contribution in [1.82, 2.24) is 19.9 Å². The summed E-state index contributed by atoms with van der Waals surface area (Å²) < 4.78 is 13.3. The third-order valence-electron chi connectivity index (χ3n) is 4.51. The van der Waals surface area contributed by atoms with Gasteiger partial charge in [-0.2, -0.15) is 0 Å². The Morgan fingerprint density at radius 2 is 2.27 bits per heavy atom. The number of furan rings is 1. The molecular formula is C16H22N4O2. The first-order chi connectivity index (χ1) is 10.8. The number of hydrogen-bond acceptors (Lipinski definition) is 5. The molecule has 2 aromatic heterocycles. The summed E-state index contributed by atoms with van der Waals surface area (Å²) in [4.78, 5) is 2.36. The van der Waals surface area contributed by atoms with Gasteiger partial charge in [-0.3, -0.25) is 9.58 Å². The van der Waals surface area contributed by atoms with E-state index >= 15 is 0 Å². The van der Waals surface area contributed by atoms with E-state index in [1.807, 2.05) is 23.9 Å². The lowest BCUT2D eigenvalue weighted by atomic mass is 9.99. The van der Waals surface area contributed by atoms with Crippen LogP contribution in [0.4, 0.5) is 0 Å². The van der Waals surface area contributed by atoms with Gasteiger partial charge in [-0.15, -0.1) is 5.10 Å². The smallest absolute Gasteiger partial charge is 0.117 e. The Bertz CT molecular complexity index is 618. The Balaban J connectivity index is 1.46. The second-order valence-corrected chi connectivity index (χ2v) is 6.47. The second-order valence-electron chi connectivity index (χ2n) is 6.47. The number of hydrogen-bond donors (Lipinski definition) is 0. The summed E-state index contributed by atoms with van der Waals surface area (Å²) >= 11 is 0. The monoisotopic (exact) mass is 302 g/mol. The summed E-state index contributed by atoms with van der Waals surface area (Å²) in [5, 5.41) is 8.52. The van der Waals surface area contributed by atoms with Gasteiger partial charge in [-0.25, -0.2) is 0 Å². The molecule has 2 aromatic rings. The highest BCUT2D eigenvalue weighted by Gasteiger charge is 2.31. The Hall–Kier alpha value is -1.66. The van der Waals surface area contributed by atoms with Crippen LogP contribution >= 0.6 is 0 Å². The summed E-state index contributed by atoms with van der Waals surface area (Å²) in [6, 6.07) is 3.95. The number of aryl methyl sites for hydroxylation is 1. The van der Waals surface area contributed by atoms with Crippen molar-refractivity contribution >= 4 is 0 Å². The molecule has 1 fully saturated rings. The van der Waals surface area contributed by atoms with Crippen LogP contribution in [0.25, 0.3) is 0 Å². The predicted octanol–water partition coefficient (Wildman–Crippen LogP) is 1.93. The minimum atomic E-state index is 0.331. The Kier molecular flexibility index (Phi) is 3.72. The zero-order valence-corrected chi connectivity index (χ0v) is 12.9. The molecule has 1 aliphatic heterocycles. The summed E-state index contributed by atoms with van der Waals surface area (Å²) in [5.74, 6) is 2.12. The van der Waals surface area contributed by atoms with Gasteiger partial charge < -0.3 is 9.15 Å². The van der Waals surface area contributed by atoms with Crippen LogP contribution in [0.2, 0.25) is 0 Å². The van der Waals surface area contributed by atoms with Crippen LogP contribution in [-0.4, -0.2) is 39.7 Å². The van der Waals surface area contributed by atoms with Gasteiger partial charge in [0, 0.05) is 32.7 Å². The molecule has 0 amide bonds. The van der Waals surface area contributed by atoms with Gasteiger partial charge in [-0.05, 0) is 30.9 Å². The van der Waals surface area contributed by atoms with Crippen LogP contribution in [-0.2, 0) is 24.9 Å². The van der Waals surface area contributed by atoms with Crippen LogP contribution in [0.1, 0.15) is 35.9 Å². The molecule has 6 nitrogen and oxygen atoms in total. The molecule has 3 heterocycles. The van der Waals surface area contributed by atoms with E-state index in [0.29, 0.717) is 5.92 Å². The minimum Gasteiger partial charge on any atom is -0.468 e. The van der Waals surface area contributed by atoms with E-state index in [9.17, 15) is 0 Å². The zero-order valence-electron chi connectivity index (χ0n) is 12.9. The molecule has 1 saturated carbocycles. The first-order valence-electron chi connectivity index (χ1n) is 8.00. The standard InChI is InChI=1S/C16H22N4O2/c1-19-16-13(11-21-10-12-4-5-12)7-20(9-15(16)17-18-19)8-14-3-2-6-22-14/h2-3,6,12-13H,4-5,7-11H2,1H3/t13-/m1/s1. The van der Waals surface area contributed by atoms with Gasteiger partial charge in [0.15, 0.2) is 0 Å². The molecule has 2 aliphatic rings. The topological polar surface area (TPSA) is 56.3 Å². The van der Waals surface area contributed by atoms with Gasteiger partial charge in [0.25, 0.3) is 0 Å². The average molecular weight is 302 g/mol. The Morgan fingerprint density at radius 1 is 1.36 bits per heavy atom. The number of ether oxygens (including phenoxy) is 1. The van der Waals surface area contributed by atoms with E-state index in [1.54, 1.807) is 6.26 Å². The van der Waals surface area contributed by atoms with Crippen molar-refractivity contribution in [3.05, 3.63) is 35.5 Å². The van der Waals surface area contributed by atoms with Crippen molar-refractivity contribution in [1.29, 1.82) is 0 Å². The lowest BCUT2D eigenvalue weighted by molar-refractivity contribution is 0.0849. The lowest BCUT2D eigenvalue weighted by Crippen LogP contribution is -2.36. The molecule has 0 radical (unpaired) electrons. The van der Waals surface area contributed by atoms with Crippen LogP contribution in [0.3, 0.4) is 0 Å². The molecule has 1 aliphatic carbocycles. The molecule has 6 heteroatoms. The van der Waals surface area contributed by atoms with E-state index in [2.05, 4.69) is 15.2 Å². The molecule has 1 atom stereocenters. The van der Waals surface area contributed by atoms with Crippen molar-refractivity contribution in [3.63, 3.8) is 0 Å². The van der Waals surface area contributed by atoms with E-state index in [1.165, 1.54) is 18.5 Å². The predicted molar refractivity (Wildman–Crippen MR) is 80.1 cm³/mol. The molecule has 0 saturated heterocycles.